The van der Waals surface area contributed by atoms with Crippen molar-refractivity contribution in [2.24, 2.45) is 0 Å². The highest BCUT2D eigenvalue weighted by Crippen LogP contribution is 2.20. The fraction of sp³-hybridized carbons (Fsp3) is 0.250. The Hall–Kier alpha value is -0.990. The molecule has 0 bridgehead atoms. The molecule has 0 fully saturated rings. The van der Waals surface area contributed by atoms with E-state index in [0.717, 1.165) is 5.01 Å². The summed E-state index contributed by atoms with van der Waals surface area (Å²) in [6.45, 7) is 0.0475. The number of sulfonamides is 1. The van der Waals surface area contributed by atoms with Gasteiger partial charge in [-0.2, -0.15) is 0 Å². The normalized spacial score (nSPS) is 11.7. The van der Waals surface area contributed by atoms with Crippen LogP contribution in [0.2, 0.25) is 5.02 Å². The summed E-state index contributed by atoms with van der Waals surface area (Å²) in [7, 11) is -3.60. The van der Waals surface area contributed by atoms with Crippen molar-refractivity contribution in [1.82, 2.24) is 9.71 Å². The predicted molar refractivity (Wildman–Crippen MR) is 78.4 cm³/mol. The van der Waals surface area contributed by atoms with E-state index in [1.807, 2.05) is 5.38 Å². The van der Waals surface area contributed by atoms with Gasteiger partial charge in [-0.05, 0) is 17.7 Å². The van der Waals surface area contributed by atoms with Crippen LogP contribution >= 0.6 is 22.9 Å². The molecule has 0 amide bonds. The molecule has 1 aromatic heterocycles. The summed E-state index contributed by atoms with van der Waals surface area (Å²) in [5.74, 6) is 0. The van der Waals surface area contributed by atoms with Crippen LogP contribution in [-0.4, -0.2) is 25.1 Å². The monoisotopic (exact) mass is 332 g/mol. The van der Waals surface area contributed by atoms with Crippen LogP contribution in [0.15, 0.2) is 34.7 Å². The van der Waals surface area contributed by atoms with Crippen LogP contribution in [0.1, 0.15) is 10.6 Å². The minimum atomic E-state index is -3.60. The second-order valence-electron chi connectivity index (χ2n) is 3.98. The summed E-state index contributed by atoms with van der Waals surface area (Å²) >= 11 is 7.37. The lowest BCUT2D eigenvalue weighted by molar-refractivity contribution is 0.282. The van der Waals surface area contributed by atoms with Gasteiger partial charge in [0, 0.05) is 29.6 Å². The fourth-order valence-electron chi connectivity index (χ4n) is 1.58. The molecular weight excluding hydrogens is 320 g/mol. The van der Waals surface area contributed by atoms with E-state index >= 15 is 0 Å². The second kappa shape index (κ2) is 6.64. The van der Waals surface area contributed by atoms with Gasteiger partial charge in [-0.1, -0.05) is 17.7 Å². The van der Waals surface area contributed by atoms with E-state index in [-0.39, 0.29) is 23.1 Å². The summed E-state index contributed by atoms with van der Waals surface area (Å²) in [6.07, 6.45) is 2.22. The van der Waals surface area contributed by atoms with Crippen LogP contribution in [-0.2, 0) is 23.1 Å². The van der Waals surface area contributed by atoms with Gasteiger partial charge >= 0.3 is 0 Å². The van der Waals surface area contributed by atoms with Gasteiger partial charge in [-0.3, -0.25) is 0 Å². The Labute approximate surface area is 126 Å². The number of aliphatic hydroxyl groups excluding tert-OH is 1. The third-order valence-electron chi connectivity index (χ3n) is 2.62. The lowest BCUT2D eigenvalue weighted by atomic mass is 10.2. The van der Waals surface area contributed by atoms with Crippen molar-refractivity contribution in [3.05, 3.63) is 45.4 Å². The molecule has 0 aliphatic rings. The molecule has 5 nitrogen and oxygen atoms in total. The van der Waals surface area contributed by atoms with Gasteiger partial charge in [0.2, 0.25) is 10.0 Å². The van der Waals surface area contributed by atoms with Crippen molar-refractivity contribution >= 4 is 33.0 Å². The van der Waals surface area contributed by atoms with Gasteiger partial charge < -0.3 is 5.11 Å². The lowest BCUT2D eigenvalue weighted by Crippen LogP contribution is -2.26. The van der Waals surface area contributed by atoms with Crippen LogP contribution in [0, 0.1) is 0 Å². The van der Waals surface area contributed by atoms with Gasteiger partial charge in [0.05, 0.1) is 16.5 Å². The SMILES string of the molecule is O=S(=O)(NCCc1nccs1)c1ccc(CO)c(Cl)c1. The van der Waals surface area contributed by atoms with Crippen molar-refractivity contribution in [3.63, 3.8) is 0 Å². The fourth-order valence-corrected chi connectivity index (χ4v) is 3.56. The van der Waals surface area contributed by atoms with Crippen molar-refractivity contribution in [1.29, 1.82) is 0 Å². The van der Waals surface area contributed by atoms with Gasteiger partial charge in [-0.25, -0.2) is 18.1 Å². The van der Waals surface area contributed by atoms with Gasteiger partial charge in [0.1, 0.15) is 0 Å². The Morgan fingerprint density at radius 2 is 2.20 bits per heavy atom. The zero-order chi connectivity index (χ0) is 14.6. The Balaban J connectivity index is 2.04. The third-order valence-corrected chi connectivity index (χ3v) is 5.27. The number of aromatic nitrogens is 1. The molecule has 0 aliphatic heterocycles. The van der Waals surface area contributed by atoms with Gasteiger partial charge in [0.25, 0.3) is 0 Å². The van der Waals surface area contributed by atoms with E-state index in [4.69, 9.17) is 16.7 Å². The first-order valence-corrected chi connectivity index (χ1v) is 8.54. The largest absolute Gasteiger partial charge is 0.392 e. The molecule has 20 heavy (non-hydrogen) atoms. The van der Waals surface area contributed by atoms with E-state index in [9.17, 15) is 8.42 Å². The second-order valence-corrected chi connectivity index (χ2v) is 7.14. The van der Waals surface area contributed by atoms with Crippen LogP contribution in [0.4, 0.5) is 0 Å². The molecule has 0 unspecified atom stereocenters. The molecular formula is C12H13ClN2O3S2. The van der Waals surface area contributed by atoms with Gasteiger partial charge in [-0.15, -0.1) is 11.3 Å². The lowest BCUT2D eigenvalue weighted by Gasteiger charge is -2.08. The summed E-state index contributed by atoms with van der Waals surface area (Å²) in [4.78, 5) is 4.16. The number of benzene rings is 1. The first kappa shape index (κ1) is 15.4. The molecule has 0 aliphatic carbocycles. The van der Waals surface area contributed by atoms with Crippen LogP contribution in [0.5, 0.6) is 0 Å². The average Bonchev–Trinajstić information content (AvgIpc) is 2.91. The molecule has 0 spiro atoms. The van der Waals surface area contributed by atoms with Crippen LogP contribution in [0.3, 0.4) is 0 Å². The summed E-state index contributed by atoms with van der Waals surface area (Å²) in [6, 6.07) is 4.25. The van der Waals surface area contributed by atoms with Crippen molar-refractivity contribution < 1.29 is 13.5 Å². The minimum Gasteiger partial charge on any atom is -0.392 e. The van der Waals surface area contributed by atoms with Crippen molar-refractivity contribution in [3.8, 4) is 0 Å². The van der Waals surface area contributed by atoms with Crippen molar-refractivity contribution in [2.45, 2.75) is 17.9 Å². The molecule has 1 heterocycles. The highest BCUT2D eigenvalue weighted by Gasteiger charge is 2.15. The molecule has 0 saturated heterocycles. The maximum atomic E-state index is 12.1. The maximum absolute atomic E-state index is 12.1. The smallest absolute Gasteiger partial charge is 0.240 e. The first-order valence-electron chi connectivity index (χ1n) is 5.80. The molecule has 0 saturated carbocycles. The van der Waals surface area contributed by atoms with Crippen LogP contribution in [0.25, 0.3) is 0 Å². The number of nitrogens with one attached hydrogen (secondary N) is 1. The zero-order valence-electron chi connectivity index (χ0n) is 10.4. The first-order chi connectivity index (χ1) is 9.53. The van der Waals surface area contributed by atoms with E-state index in [0.29, 0.717) is 12.0 Å². The minimum absolute atomic E-state index is 0.0823. The van der Waals surface area contributed by atoms with Crippen LogP contribution < -0.4 is 4.72 Å². The van der Waals surface area contributed by atoms with Crippen molar-refractivity contribution in [2.75, 3.05) is 6.54 Å². The molecule has 0 atom stereocenters. The maximum Gasteiger partial charge on any atom is 0.240 e. The number of hydrogen-bond donors (Lipinski definition) is 2. The Bertz CT molecular complexity index is 672. The van der Waals surface area contributed by atoms with E-state index in [1.165, 1.54) is 29.5 Å². The highest BCUT2D eigenvalue weighted by atomic mass is 35.5. The van der Waals surface area contributed by atoms with E-state index in [2.05, 4.69) is 9.71 Å². The summed E-state index contributed by atoms with van der Waals surface area (Å²) < 4.78 is 26.6. The number of thiazole rings is 1. The summed E-state index contributed by atoms with van der Waals surface area (Å²) in [5.41, 5.74) is 0.494. The topological polar surface area (TPSA) is 79.3 Å². The molecule has 108 valence electrons. The van der Waals surface area contributed by atoms with Gasteiger partial charge in [0.15, 0.2) is 0 Å². The molecule has 0 radical (unpaired) electrons. The number of rotatable bonds is 6. The zero-order valence-corrected chi connectivity index (χ0v) is 12.8. The number of aliphatic hydroxyl groups is 1. The average molecular weight is 333 g/mol. The molecule has 2 N–H and O–H groups in total. The number of halogens is 1. The number of nitrogens with zero attached hydrogens (tertiary/aromatic N) is 1. The molecule has 2 rings (SSSR count). The molecule has 2 aromatic rings. The quantitative estimate of drug-likeness (QED) is 0.845. The Kier molecular flexibility index (Phi) is 5.11. The summed E-state index contributed by atoms with van der Waals surface area (Å²) in [5, 5.41) is 12.0. The third kappa shape index (κ3) is 3.77. The predicted octanol–water partition coefficient (Wildman–Crippen LogP) is 1.81. The van der Waals surface area contributed by atoms with E-state index in [1.54, 1.807) is 6.20 Å². The van der Waals surface area contributed by atoms with E-state index < -0.39 is 10.0 Å². The molecule has 8 heteroatoms. The Morgan fingerprint density at radius 1 is 1.40 bits per heavy atom. The number of hydrogen-bond acceptors (Lipinski definition) is 5. The Morgan fingerprint density at radius 3 is 2.80 bits per heavy atom. The standard InChI is InChI=1S/C12H13ClN2O3S2/c13-11-7-10(2-1-9(11)8-16)20(17,18)15-4-3-12-14-5-6-19-12/h1-2,5-7,15-16H,3-4,8H2. The highest BCUT2D eigenvalue weighted by molar-refractivity contribution is 7.89. The molecule has 1 aromatic carbocycles.